The van der Waals surface area contributed by atoms with E-state index in [0.717, 1.165) is 0 Å². The standard InChI is InChI=1S/C6H12O5S.Tc/c7-1-2-3(8)4(9)5(10)6(12)11-2;/h2-10,12H,1H2;/q;+4/t2-,3?,4+,5-,6-;/m1./s1/i;1+1. The molecule has 75 valence electrons. The summed E-state index contributed by atoms with van der Waals surface area (Å²) < 4.78 is 4.88. The molecule has 0 saturated carbocycles. The summed E-state index contributed by atoms with van der Waals surface area (Å²) in [6, 6.07) is 0. The van der Waals surface area contributed by atoms with Crippen LogP contribution in [0.25, 0.3) is 0 Å². The van der Waals surface area contributed by atoms with E-state index in [1.54, 1.807) is 0 Å². The summed E-state index contributed by atoms with van der Waals surface area (Å²) in [5.41, 5.74) is -0.874. The van der Waals surface area contributed by atoms with Crippen molar-refractivity contribution in [1.82, 2.24) is 0 Å². The van der Waals surface area contributed by atoms with Crippen LogP contribution in [0.4, 0.5) is 0 Å². The first-order valence-electron chi connectivity index (χ1n) is 3.56. The van der Waals surface area contributed by atoms with Crippen LogP contribution in [-0.2, 0) is 24.8 Å². The van der Waals surface area contributed by atoms with E-state index in [9.17, 15) is 10.2 Å². The van der Waals surface area contributed by atoms with Gasteiger partial charge in [-0.3, -0.25) is 0 Å². The molecule has 0 aromatic carbocycles. The molecule has 1 fully saturated rings. The fourth-order valence-corrected chi connectivity index (χ4v) is 1.41. The molecule has 1 aliphatic heterocycles. The summed E-state index contributed by atoms with van der Waals surface area (Å²) >= 11 is 3.81. The third kappa shape index (κ3) is 2.87. The van der Waals surface area contributed by atoms with Crippen LogP contribution in [0, 0.1) is 0 Å². The van der Waals surface area contributed by atoms with Gasteiger partial charge in [-0.2, -0.15) is 0 Å². The number of aliphatic hydroxyl groups is 4. The Morgan fingerprint density at radius 1 is 1.08 bits per heavy atom. The summed E-state index contributed by atoms with van der Waals surface area (Å²) in [6.07, 6.45) is -4.70. The Kier molecular flexibility index (Phi) is 5.97. The van der Waals surface area contributed by atoms with Crippen molar-refractivity contribution in [2.24, 2.45) is 0 Å². The van der Waals surface area contributed by atoms with Crippen molar-refractivity contribution < 1.29 is 45.3 Å². The second-order valence-electron chi connectivity index (χ2n) is 2.72. The molecule has 13 heavy (non-hydrogen) atoms. The topological polar surface area (TPSA) is 90.2 Å². The molecule has 1 heterocycles. The van der Waals surface area contributed by atoms with Gasteiger partial charge in [0.25, 0.3) is 0 Å². The molecule has 1 radical (unpaired) electrons. The van der Waals surface area contributed by atoms with Crippen molar-refractivity contribution in [3.63, 3.8) is 0 Å². The smallest absolute Gasteiger partial charge is 0.394 e. The molecule has 1 aliphatic rings. The van der Waals surface area contributed by atoms with E-state index < -0.39 is 36.5 Å². The van der Waals surface area contributed by atoms with E-state index in [4.69, 9.17) is 14.9 Å². The largest absolute Gasteiger partial charge is 4.00 e. The predicted octanol–water partition coefficient (Wildman–Crippen LogP) is -2.29. The second-order valence-corrected chi connectivity index (χ2v) is 3.23. The number of rotatable bonds is 1. The SMILES string of the molecule is OC[C@H]1O[C@H](S)[C@H](O)[C@@H](O)C1O.[99Tc+4]. The van der Waals surface area contributed by atoms with E-state index in [-0.39, 0.29) is 20.1 Å². The molecule has 1 rings (SSSR count). The van der Waals surface area contributed by atoms with Crippen LogP contribution in [0.3, 0.4) is 0 Å². The van der Waals surface area contributed by atoms with Crippen molar-refractivity contribution in [2.45, 2.75) is 29.9 Å². The monoisotopic (exact) mass is 295 g/mol. The maximum Gasteiger partial charge on any atom is 4.00 e. The molecule has 7 heteroatoms. The van der Waals surface area contributed by atoms with Crippen molar-refractivity contribution in [2.75, 3.05) is 6.61 Å². The van der Waals surface area contributed by atoms with E-state index in [0.29, 0.717) is 0 Å². The number of ether oxygens (including phenoxy) is 1. The number of aliphatic hydroxyl groups excluding tert-OH is 4. The van der Waals surface area contributed by atoms with E-state index in [2.05, 4.69) is 12.6 Å². The zero-order chi connectivity index (χ0) is 9.30. The first-order chi connectivity index (χ1) is 5.57. The molecule has 0 spiro atoms. The van der Waals surface area contributed by atoms with Crippen LogP contribution >= 0.6 is 12.6 Å². The zero-order valence-electron chi connectivity index (χ0n) is 6.62. The van der Waals surface area contributed by atoms with Crippen LogP contribution in [0.15, 0.2) is 0 Å². The summed E-state index contributed by atoms with van der Waals surface area (Å²) in [5.74, 6) is 0. The van der Waals surface area contributed by atoms with E-state index >= 15 is 0 Å². The van der Waals surface area contributed by atoms with Crippen LogP contribution in [0.5, 0.6) is 0 Å². The van der Waals surface area contributed by atoms with Gasteiger partial charge in [-0.1, -0.05) is 0 Å². The minimum Gasteiger partial charge on any atom is -0.394 e. The Bertz CT molecular complexity index is 155. The zero-order valence-corrected chi connectivity index (χ0v) is 9.37. The van der Waals surface area contributed by atoms with Crippen LogP contribution in [0.1, 0.15) is 0 Å². The molecule has 0 aliphatic carbocycles. The van der Waals surface area contributed by atoms with E-state index in [1.165, 1.54) is 0 Å². The van der Waals surface area contributed by atoms with Crippen molar-refractivity contribution in [1.29, 1.82) is 0 Å². The van der Waals surface area contributed by atoms with Gasteiger partial charge in [-0.05, 0) is 0 Å². The average Bonchev–Trinajstić information content (AvgIpc) is 2.08. The number of hydrogen-bond donors (Lipinski definition) is 5. The average molecular weight is 295 g/mol. The molecule has 5 nitrogen and oxygen atoms in total. The van der Waals surface area contributed by atoms with E-state index in [1.807, 2.05) is 0 Å². The Labute approximate surface area is 94.5 Å². The minimum absolute atomic E-state index is 0. The van der Waals surface area contributed by atoms with Crippen LogP contribution in [-0.4, -0.2) is 56.9 Å². The molecule has 4 N–H and O–H groups in total. The molecule has 5 atom stereocenters. The van der Waals surface area contributed by atoms with Gasteiger partial charge in [0.2, 0.25) is 0 Å². The first-order valence-corrected chi connectivity index (χ1v) is 4.08. The summed E-state index contributed by atoms with van der Waals surface area (Å²) in [4.78, 5) is 0. The van der Waals surface area contributed by atoms with Gasteiger partial charge in [0.1, 0.15) is 29.9 Å². The normalized spacial score (nSPS) is 45.5. The molecule has 0 aromatic heterocycles. The second kappa shape index (κ2) is 5.62. The molecule has 0 aromatic rings. The van der Waals surface area contributed by atoms with Gasteiger partial charge < -0.3 is 25.2 Å². The predicted molar refractivity (Wildman–Crippen MR) is 42.8 cm³/mol. The first kappa shape index (κ1) is 13.8. The molecule has 0 amide bonds. The quantitative estimate of drug-likeness (QED) is 0.352. The van der Waals surface area contributed by atoms with Gasteiger partial charge in [-0.25, -0.2) is 0 Å². The minimum atomic E-state index is -1.32. The van der Waals surface area contributed by atoms with Crippen LogP contribution < -0.4 is 0 Å². The van der Waals surface area contributed by atoms with Crippen molar-refractivity contribution in [3.05, 3.63) is 0 Å². The molecule has 1 saturated heterocycles. The van der Waals surface area contributed by atoms with Gasteiger partial charge in [0.15, 0.2) is 0 Å². The van der Waals surface area contributed by atoms with Crippen molar-refractivity contribution >= 4 is 12.6 Å². The summed E-state index contributed by atoms with van der Waals surface area (Å²) in [5, 5.41) is 36.2. The van der Waals surface area contributed by atoms with Gasteiger partial charge in [0, 0.05) is 0 Å². The Balaban J connectivity index is 0.00000144. The van der Waals surface area contributed by atoms with Crippen molar-refractivity contribution in [3.8, 4) is 0 Å². The maximum absolute atomic E-state index is 9.20. The summed E-state index contributed by atoms with van der Waals surface area (Å²) in [6.45, 7) is -0.415. The molecular weight excluding hydrogens is 283 g/mol. The van der Waals surface area contributed by atoms with Gasteiger partial charge in [-0.15, -0.1) is 12.6 Å². The Morgan fingerprint density at radius 2 is 1.62 bits per heavy atom. The number of hydrogen-bond acceptors (Lipinski definition) is 6. The van der Waals surface area contributed by atoms with Gasteiger partial charge >= 0.3 is 20.1 Å². The fraction of sp³-hybridized carbons (Fsp3) is 1.00. The molecular formula is C6H12O5STc+4. The fourth-order valence-electron chi connectivity index (χ4n) is 1.08. The molecule has 0 bridgehead atoms. The third-order valence-corrected chi connectivity index (χ3v) is 2.29. The third-order valence-electron chi connectivity index (χ3n) is 1.87. The number of thiol groups is 1. The maximum atomic E-state index is 9.20. The Hall–Kier alpha value is 0.799. The molecule has 1 unspecified atom stereocenters. The van der Waals surface area contributed by atoms with Gasteiger partial charge in [0.05, 0.1) is 6.61 Å². The van der Waals surface area contributed by atoms with Crippen LogP contribution in [0.2, 0.25) is 0 Å². The summed E-state index contributed by atoms with van der Waals surface area (Å²) in [7, 11) is 0. The Morgan fingerprint density at radius 3 is 2.08 bits per heavy atom.